The van der Waals surface area contributed by atoms with Gasteiger partial charge in [-0.15, -0.1) is 0 Å². The minimum Gasteiger partial charge on any atom is -0.307 e. The minimum absolute atomic E-state index is 0.0240. The Morgan fingerprint density at radius 1 is 0.403 bits per heavy atom. The molecule has 0 aliphatic rings. The Bertz CT molecular complexity index is 3170. The van der Waals surface area contributed by atoms with Gasteiger partial charge in [0.2, 0.25) is 0 Å². The Labute approximate surface area is 341 Å². The number of hydrogen-bond donors (Lipinski definition) is 0. The Kier molecular flexibility index (Phi) is 8.99. The molecule has 0 saturated heterocycles. The molecule has 0 saturated carbocycles. The molecule has 6 aromatic carbocycles. The summed E-state index contributed by atoms with van der Waals surface area (Å²) in [6.45, 7) is 0. The number of nitrogens with zero attached hydrogens (tertiary/aromatic N) is 4. The van der Waals surface area contributed by atoms with Gasteiger partial charge in [0.15, 0.2) is 0 Å². The highest BCUT2D eigenvalue weighted by molar-refractivity contribution is 6.12. The first-order chi connectivity index (χ1) is 29.2. The van der Waals surface area contributed by atoms with Gasteiger partial charge in [-0.3, -0.25) is 0 Å². The van der Waals surface area contributed by atoms with E-state index in [0.717, 1.165) is 48.5 Å². The first-order valence-corrected chi connectivity index (χ1v) is 18.3. The molecule has 4 nitrogen and oxygen atoms in total. The largest absolute Gasteiger partial charge is 0.416 e. The third-order valence-corrected chi connectivity index (χ3v) is 10.7. The summed E-state index contributed by atoms with van der Waals surface area (Å²) in [5.41, 5.74) is -3.59. The van der Waals surface area contributed by atoms with Crippen LogP contribution in [0.25, 0.3) is 77.5 Å². The van der Waals surface area contributed by atoms with E-state index >= 15 is 0 Å². The van der Waals surface area contributed by atoms with Crippen molar-refractivity contribution < 1.29 is 52.7 Å². The molecule has 0 bridgehead atoms. The number of pyridine rings is 1. The second-order valence-electron chi connectivity index (χ2n) is 14.4. The second-order valence-corrected chi connectivity index (χ2v) is 14.4. The van der Waals surface area contributed by atoms with Crippen molar-refractivity contribution in [1.29, 1.82) is 5.26 Å². The van der Waals surface area contributed by atoms with Crippen LogP contribution in [0.1, 0.15) is 27.8 Å². The topological polar surface area (TPSA) is 46.5 Å². The maximum absolute atomic E-state index is 14.2. The van der Waals surface area contributed by atoms with Crippen molar-refractivity contribution in [3.8, 4) is 40.0 Å². The molecule has 310 valence electrons. The van der Waals surface area contributed by atoms with E-state index in [4.69, 9.17) is 4.98 Å². The first kappa shape index (κ1) is 40.1. The Morgan fingerprint density at radius 3 is 1.15 bits per heavy atom. The maximum Gasteiger partial charge on any atom is 0.416 e. The predicted octanol–water partition coefficient (Wildman–Crippen LogP) is 14.6. The van der Waals surface area contributed by atoms with Gasteiger partial charge < -0.3 is 9.13 Å². The summed E-state index contributed by atoms with van der Waals surface area (Å²) in [6.07, 6.45) is -19.7. The molecular formula is C46H22F12N4. The Hall–Kier alpha value is -7.28. The number of rotatable bonds is 4. The van der Waals surface area contributed by atoms with Crippen molar-refractivity contribution in [2.24, 2.45) is 0 Å². The van der Waals surface area contributed by atoms with E-state index in [2.05, 4.69) is 6.07 Å². The van der Waals surface area contributed by atoms with Gasteiger partial charge in [0.1, 0.15) is 0 Å². The standard InChI is InChI=1S/C46H22F12N4/c47-43(48,49)26-9-13-37-31(18-26)32-19-27(44(50,51)52)10-14-38(32)61(37)41-17-25(23-59)30(36-8-4-7-35(60-36)24-5-2-1-3-6-24)22-42(41)62-39-15-11-28(45(53,54)55)20-33(39)34-21-29(46(56,57)58)12-16-40(34)62/h1-22H. The minimum atomic E-state index is -4.92. The number of fused-ring (bicyclic) bond motifs is 6. The van der Waals surface area contributed by atoms with Gasteiger partial charge >= 0.3 is 24.7 Å². The van der Waals surface area contributed by atoms with Crippen LogP contribution in [0.3, 0.4) is 0 Å². The number of nitriles is 1. The van der Waals surface area contributed by atoms with E-state index in [1.54, 1.807) is 48.5 Å². The highest BCUT2D eigenvalue weighted by Gasteiger charge is 2.36. The number of hydrogen-bond acceptors (Lipinski definition) is 2. The van der Waals surface area contributed by atoms with Gasteiger partial charge in [-0.2, -0.15) is 57.9 Å². The molecule has 3 aromatic heterocycles. The first-order valence-electron chi connectivity index (χ1n) is 18.3. The quantitative estimate of drug-likeness (QED) is 0.166. The summed E-state index contributed by atoms with van der Waals surface area (Å²) in [5.74, 6) is 0. The van der Waals surface area contributed by atoms with Crippen LogP contribution in [-0.2, 0) is 24.7 Å². The second kappa shape index (κ2) is 13.9. The summed E-state index contributed by atoms with van der Waals surface area (Å²) < 4.78 is 173. The molecule has 0 fully saturated rings. The summed E-state index contributed by atoms with van der Waals surface area (Å²) in [7, 11) is 0. The maximum atomic E-state index is 14.2. The van der Waals surface area contributed by atoms with Crippen LogP contribution >= 0.6 is 0 Å². The summed E-state index contributed by atoms with van der Waals surface area (Å²) in [4.78, 5) is 4.77. The van der Waals surface area contributed by atoms with Gasteiger partial charge in [-0.1, -0.05) is 36.4 Å². The van der Waals surface area contributed by atoms with Gasteiger partial charge in [-0.05, 0) is 97.1 Å². The molecule has 3 heterocycles. The molecule has 9 aromatic rings. The zero-order valence-corrected chi connectivity index (χ0v) is 31.0. The molecule has 0 aliphatic carbocycles. The molecule has 0 atom stereocenters. The Balaban J connectivity index is 1.45. The average molecular weight is 859 g/mol. The van der Waals surface area contributed by atoms with E-state index in [9.17, 15) is 57.9 Å². The van der Waals surface area contributed by atoms with Crippen LogP contribution in [0.4, 0.5) is 52.7 Å². The molecule has 0 radical (unpaired) electrons. The van der Waals surface area contributed by atoms with Crippen LogP contribution in [0.2, 0.25) is 0 Å². The summed E-state index contributed by atoms with van der Waals surface area (Å²) >= 11 is 0. The lowest BCUT2D eigenvalue weighted by Crippen LogP contribution is -2.08. The van der Waals surface area contributed by atoms with Crippen molar-refractivity contribution in [2.75, 3.05) is 0 Å². The zero-order valence-electron chi connectivity index (χ0n) is 31.0. The van der Waals surface area contributed by atoms with Crippen molar-refractivity contribution in [3.63, 3.8) is 0 Å². The van der Waals surface area contributed by atoms with E-state index < -0.39 is 47.0 Å². The van der Waals surface area contributed by atoms with Gasteiger partial charge in [0, 0.05) is 32.7 Å². The number of benzene rings is 6. The van der Waals surface area contributed by atoms with E-state index in [1.807, 2.05) is 0 Å². The highest BCUT2D eigenvalue weighted by atomic mass is 19.4. The molecule has 0 aliphatic heterocycles. The molecule has 16 heteroatoms. The monoisotopic (exact) mass is 858 g/mol. The van der Waals surface area contributed by atoms with Crippen LogP contribution < -0.4 is 0 Å². The van der Waals surface area contributed by atoms with Crippen LogP contribution in [0, 0.1) is 11.3 Å². The normalized spacial score (nSPS) is 12.8. The molecule has 0 amide bonds. The van der Waals surface area contributed by atoms with Crippen LogP contribution in [-0.4, -0.2) is 14.1 Å². The summed E-state index contributed by atoms with van der Waals surface area (Å²) in [6, 6.07) is 28.5. The van der Waals surface area contributed by atoms with Gasteiger partial charge in [0.05, 0.1) is 78.7 Å². The van der Waals surface area contributed by atoms with Crippen molar-refractivity contribution in [3.05, 3.63) is 161 Å². The average Bonchev–Trinajstić information content (AvgIpc) is 3.73. The third-order valence-electron chi connectivity index (χ3n) is 10.7. The lowest BCUT2D eigenvalue weighted by atomic mass is 10.0. The number of aromatic nitrogens is 3. The molecule has 0 spiro atoms. The fraction of sp³-hybridized carbons (Fsp3) is 0.0870. The SMILES string of the molecule is N#Cc1cc(-n2c3ccc(C(F)(F)F)cc3c3cc(C(F)(F)F)ccc32)c(-n2c3ccc(C(F)(F)F)cc3c3cc(C(F)(F)F)ccc32)cc1-c1cccc(-c2ccccc2)n1. The van der Waals surface area contributed by atoms with Crippen molar-refractivity contribution in [2.45, 2.75) is 24.7 Å². The van der Waals surface area contributed by atoms with E-state index in [0.29, 0.717) is 35.5 Å². The molecule has 0 N–H and O–H groups in total. The van der Waals surface area contributed by atoms with E-state index in [-0.39, 0.29) is 71.8 Å². The van der Waals surface area contributed by atoms with Crippen molar-refractivity contribution in [1.82, 2.24) is 14.1 Å². The number of alkyl halides is 12. The smallest absolute Gasteiger partial charge is 0.307 e. The lowest BCUT2D eigenvalue weighted by molar-refractivity contribution is -0.138. The van der Waals surface area contributed by atoms with E-state index in [1.165, 1.54) is 21.3 Å². The number of halogens is 12. The fourth-order valence-electron chi connectivity index (χ4n) is 7.86. The van der Waals surface area contributed by atoms with Crippen LogP contribution in [0.5, 0.6) is 0 Å². The predicted molar refractivity (Wildman–Crippen MR) is 209 cm³/mol. The van der Waals surface area contributed by atoms with Crippen molar-refractivity contribution >= 4 is 43.6 Å². The Morgan fingerprint density at radius 2 is 0.774 bits per heavy atom. The molecule has 62 heavy (non-hydrogen) atoms. The zero-order chi connectivity index (χ0) is 44.1. The molecule has 0 unspecified atom stereocenters. The molecular weight excluding hydrogens is 837 g/mol. The van der Waals surface area contributed by atoms with Gasteiger partial charge in [-0.25, -0.2) is 4.98 Å². The third kappa shape index (κ3) is 6.73. The summed E-state index contributed by atoms with van der Waals surface area (Å²) in [5, 5.41) is 9.65. The van der Waals surface area contributed by atoms with Crippen LogP contribution in [0.15, 0.2) is 133 Å². The highest BCUT2D eigenvalue weighted by Crippen LogP contribution is 2.45. The van der Waals surface area contributed by atoms with Gasteiger partial charge in [0.25, 0.3) is 0 Å². The molecule has 9 rings (SSSR count). The fourth-order valence-corrected chi connectivity index (χ4v) is 7.86. The lowest BCUT2D eigenvalue weighted by Gasteiger charge is -2.20.